The van der Waals surface area contributed by atoms with Gasteiger partial charge in [0.15, 0.2) is 0 Å². The smallest absolute Gasteiger partial charge is 0.310 e. The van der Waals surface area contributed by atoms with Gasteiger partial charge in [-0.1, -0.05) is 30.3 Å². The molecular weight excluding hydrogens is 458 g/mol. The number of carbonyl (C=O) groups is 2. The summed E-state index contributed by atoms with van der Waals surface area (Å²) in [6.45, 7) is 4.05. The number of ether oxygens (including phenoxy) is 2. The normalized spacial score (nSPS) is 22.1. The first kappa shape index (κ1) is 25.5. The van der Waals surface area contributed by atoms with Crippen LogP contribution >= 0.6 is 0 Å². The molecule has 0 bridgehead atoms. The van der Waals surface area contributed by atoms with Crippen LogP contribution in [-0.4, -0.2) is 47.4 Å². The van der Waals surface area contributed by atoms with Crippen LogP contribution in [0, 0.1) is 32.1 Å². The number of nitrogens with zero attached hydrogens (tertiary/aromatic N) is 3. The van der Waals surface area contributed by atoms with E-state index in [4.69, 9.17) is 9.47 Å². The van der Waals surface area contributed by atoms with Crippen LogP contribution in [0.5, 0.6) is 0 Å². The third kappa shape index (κ3) is 5.19. The average molecular weight is 483 g/mol. The van der Waals surface area contributed by atoms with Gasteiger partial charge in [0.1, 0.15) is 0 Å². The van der Waals surface area contributed by atoms with Gasteiger partial charge in [0, 0.05) is 42.9 Å². The molecule has 1 aliphatic heterocycles. The van der Waals surface area contributed by atoms with E-state index in [1.807, 2.05) is 4.90 Å². The topological polar surface area (TPSA) is 142 Å². The predicted octanol–water partition coefficient (Wildman–Crippen LogP) is 3.76. The van der Waals surface area contributed by atoms with Gasteiger partial charge >= 0.3 is 11.9 Å². The van der Waals surface area contributed by atoms with E-state index in [1.165, 1.54) is 38.5 Å². The van der Waals surface area contributed by atoms with E-state index < -0.39 is 45.7 Å². The van der Waals surface area contributed by atoms with E-state index in [0.717, 1.165) is 0 Å². The van der Waals surface area contributed by atoms with Gasteiger partial charge in [-0.3, -0.25) is 34.7 Å². The third-order valence-electron chi connectivity index (χ3n) is 6.22. The highest BCUT2D eigenvalue weighted by Gasteiger charge is 2.50. The van der Waals surface area contributed by atoms with Crippen LogP contribution in [0.15, 0.2) is 61.2 Å². The molecule has 4 atom stereocenters. The molecule has 1 aliphatic rings. The number of piperidine rings is 1. The van der Waals surface area contributed by atoms with E-state index in [2.05, 4.69) is 6.58 Å². The molecule has 1 heterocycles. The summed E-state index contributed by atoms with van der Waals surface area (Å²) < 4.78 is 10.1. The molecule has 0 amide bonds. The second-order valence-corrected chi connectivity index (χ2v) is 8.07. The molecule has 0 N–H and O–H groups in total. The zero-order chi connectivity index (χ0) is 25.7. The molecule has 2 aromatic rings. The highest BCUT2D eigenvalue weighted by molar-refractivity contribution is 5.78. The number of carbonyl (C=O) groups excluding carboxylic acids is 2. The molecule has 35 heavy (non-hydrogen) atoms. The van der Waals surface area contributed by atoms with Crippen LogP contribution in [0.4, 0.5) is 11.4 Å². The molecule has 0 aliphatic carbocycles. The summed E-state index contributed by atoms with van der Waals surface area (Å²) in [5.41, 5.74) is 1.02. The molecule has 0 spiro atoms. The number of nitro benzene ring substituents is 2. The van der Waals surface area contributed by atoms with Crippen molar-refractivity contribution in [3.63, 3.8) is 0 Å². The molecule has 3 rings (SSSR count). The fraction of sp³-hybridized carbons (Fsp3) is 0.333. The molecule has 1 fully saturated rings. The highest BCUT2D eigenvalue weighted by Crippen LogP contribution is 2.49. The standard InChI is InChI=1S/C24H25N3O8/c1-4-13-25-21(15-5-9-17(10-6-15)26(30)31)19(23(28)34-2)14-20(24(29)35-3)22(25)16-7-11-18(12-8-16)27(32)33/h4-12,19-22H,1,13-14H2,2-3H3. The Hall–Kier alpha value is -4.12. The summed E-state index contributed by atoms with van der Waals surface area (Å²) in [6, 6.07) is 10.4. The summed E-state index contributed by atoms with van der Waals surface area (Å²) >= 11 is 0. The van der Waals surface area contributed by atoms with Crippen LogP contribution in [0.2, 0.25) is 0 Å². The number of nitro groups is 2. The zero-order valence-electron chi connectivity index (χ0n) is 19.2. The zero-order valence-corrected chi connectivity index (χ0v) is 19.2. The number of esters is 2. The molecule has 11 heteroatoms. The van der Waals surface area contributed by atoms with Crippen molar-refractivity contribution < 1.29 is 28.9 Å². The van der Waals surface area contributed by atoms with E-state index in [-0.39, 0.29) is 24.3 Å². The van der Waals surface area contributed by atoms with Crippen molar-refractivity contribution in [3.05, 3.63) is 92.5 Å². The Balaban J connectivity index is 2.19. The monoisotopic (exact) mass is 483 g/mol. The Morgan fingerprint density at radius 3 is 1.54 bits per heavy atom. The summed E-state index contributed by atoms with van der Waals surface area (Å²) in [4.78, 5) is 48.9. The van der Waals surface area contributed by atoms with Crippen molar-refractivity contribution >= 4 is 23.3 Å². The number of hydrogen-bond acceptors (Lipinski definition) is 9. The van der Waals surface area contributed by atoms with Crippen LogP contribution < -0.4 is 0 Å². The molecule has 184 valence electrons. The van der Waals surface area contributed by atoms with Crippen molar-refractivity contribution in [1.29, 1.82) is 0 Å². The summed E-state index contributed by atoms with van der Waals surface area (Å²) in [5, 5.41) is 22.3. The lowest BCUT2D eigenvalue weighted by atomic mass is 9.73. The van der Waals surface area contributed by atoms with Crippen LogP contribution in [0.25, 0.3) is 0 Å². The number of benzene rings is 2. The minimum Gasteiger partial charge on any atom is -0.469 e. The summed E-state index contributed by atoms with van der Waals surface area (Å²) in [5.74, 6) is -2.67. The Morgan fingerprint density at radius 1 is 0.886 bits per heavy atom. The number of methoxy groups -OCH3 is 2. The minimum atomic E-state index is -0.792. The van der Waals surface area contributed by atoms with Gasteiger partial charge < -0.3 is 9.47 Å². The Kier molecular flexibility index (Phi) is 7.92. The van der Waals surface area contributed by atoms with Crippen molar-refractivity contribution in [2.75, 3.05) is 20.8 Å². The van der Waals surface area contributed by atoms with Gasteiger partial charge in [0.25, 0.3) is 11.4 Å². The van der Waals surface area contributed by atoms with E-state index in [0.29, 0.717) is 11.1 Å². The van der Waals surface area contributed by atoms with Crippen LogP contribution in [-0.2, 0) is 19.1 Å². The van der Waals surface area contributed by atoms with E-state index in [1.54, 1.807) is 30.3 Å². The van der Waals surface area contributed by atoms with E-state index >= 15 is 0 Å². The molecule has 2 aromatic carbocycles. The SMILES string of the molecule is C=CCN1C(c2ccc([N+](=O)[O-])cc2)C(C(=O)OC)CC(C(=O)OC)C1c1ccc([N+](=O)[O-])cc1. The van der Waals surface area contributed by atoms with Crippen molar-refractivity contribution in [3.8, 4) is 0 Å². The maximum atomic E-state index is 12.9. The Bertz CT molecular complexity index is 1030. The second-order valence-electron chi connectivity index (χ2n) is 8.07. The van der Waals surface area contributed by atoms with E-state index in [9.17, 15) is 29.8 Å². The van der Waals surface area contributed by atoms with Crippen LogP contribution in [0.3, 0.4) is 0 Å². The lowest BCUT2D eigenvalue weighted by molar-refractivity contribution is -0.385. The molecule has 1 saturated heterocycles. The fourth-order valence-electron chi connectivity index (χ4n) is 4.73. The molecule has 0 radical (unpaired) electrons. The number of likely N-dealkylation sites (tertiary alicyclic amines) is 1. The third-order valence-corrected chi connectivity index (χ3v) is 6.22. The largest absolute Gasteiger partial charge is 0.469 e. The molecule has 4 unspecified atom stereocenters. The predicted molar refractivity (Wildman–Crippen MR) is 124 cm³/mol. The van der Waals surface area contributed by atoms with Gasteiger partial charge in [0.05, 0.1) is 35.9 Å². The first-order valence-corrected chi connectivity index (χ1v) is 10.7. The Labute approximate surface area is 201 Å². The average Bonchev–Trinajstić information content (AvgIpc) is 2.87. The van der Waals surface area contributed by atoms with Gasteiger partial charge in [0.2, 0.25) is 0 Å². The Morgan fingerprint density at radius 2 is 1.26 bits per heavy atom. The van der Waals surface area contributed by atoms with Gasteiger partial charge in [-0.25, -0.2) is 0 Å². The fourth-order valence-corrected chi connectivity index (χ4v) is 4.73. The van der Waals surface area contributed by atoms with Gasteiger partial charge in [-0.05, 0) is 17.5 Å². The van der Waals surface area contributed by atoms with Crippen LogP contribution in [0.1, 0.15) is 29.6 Å². The molecule has 0 saturated carbocycles. The number of hydrogen-bond donors (Lipinski definition) is 0. The lowest BCUT2D eigenvalue weighted by Crippen LogP contribution is -2.50. The maximum absolute atomic E-state index is 12.9. The maximum Gasteiger partial charge on any atom is 0.310 e. The first-order valence-electron chi connectivity index (χ1n) is 10.7. The summed E-state index contributed by atoms with van der Waals surface area (Å²) in [6.07, 6.45) is 1.70. The highest BCUT2D eigenvalue weighted by atomic mass is 16.6. The quantitative estimate of drug-likeness (QED) is 0.237. The molecule has 11 nitrogen and oxygen atoms in total. The lowest BCUT2D eigenvalue weighted by Gasteiger charge is -2.48. The summed E-state index contributed by atoms with van der Waals surface area (Å²) in [7, 11) is 2.51. The van der Waals surface area contributed by atoms with Gasteiger partial charge in [-0.15, -0.1) is 6.58 Å². The minimum absolute atomic E-state index is 0.0797. The molecule has 0 aromatic heterocycles. The molecular formula is C24H25N3O8. The van der Waals surface area contributed by atoms with Gasteiger partial charge in [-0.2, -0.15) is 0 Å². The van der Waals surface area contributed by atoms with Crippen molar-refractivity contribution in [2.24, 2.45) is 11.8 Å². The first-order chi connectivity index (χ1) is 16.7. The van der Waals surface area contributed by atoms with Crippen molar-refractivity contribution in [1.82, 2.24) is 4.90 Å². The van der Waals surface area contributed by atoms with Crippen molar-refractivity contribution in [2.45, 2.75) is 18.5 Å². The number of rotatable bonds is 8. The number of non-ortho nitro benzene ring substituents is 2. The second kappa shape index (κ2) is 10.9.